The molecule has 1 heterocycles. The van der Waals surface area contributed by atoms with Crippen LogP contribution in [-0.2, 0) is 21.5 Å². The molecule has 1 saturated heterocycles. The molecule has 3 aromatic rings. The molecule has 2 amide bonds. The Labute approximate surface area is 230 Å². The lowest BCUT2D eigenvalue weighted by Crippen LogP contribution is -2.27. The first kappa shape index (κ1) is 27.4. The van der Waals surface area contributed by atoms with Crippen LogP contribution < -0.4 is 8.92 Å². The molecule has 0 unspecified atom stereocenters. The minimum Gasteiger partial charge on any atom is -0.493 e. The fourth-order valence-electron chi connectivity index (χ4n) is 3.46. The number of hydrogen-bond donors (Lipinski definition) is 0. The Balaban J connectivity index is 1.58. The molecule has 4 rings (SSSR count). The summed E-state index contributed by atoms with van der Waals surface area (Å²) in [6, 6.07) is 14.7. The predicted molar refractivity (Wildman–Crippen MR) is 144 cm³/mol. The molecule has 0 aromatic heterocycles. The first-order valence-electron chi connectivity index (χ1n) is 10.9. The topological polar surface area (TPSA) is 133 Å². The molecule has 0 spiro atoms. The lowest BCUT2D eigenvalue weighted by Gasteiger charge is -2.14. The van der Waals surface area contributed by atoms with Crippen LogP contribution >= 0.6 is 27.7 Å². The van der Waals surface area contributed by atoms with E-state index in [1.165, 1.54) is 25.3 Å². The van der Waals surface area contributed by atoms with E-state index in [4.69, 9.17) is 8.92 Å². The van der Waals surface area contributed by atoms with Gasteiger partial charge in [-0.3, -0.25) is 24.6 Å². The Hall–Kier alpha value is -3.68. The summed E-state index contributed by atoms with van der Waals surface area (Å²) in [7, 11) is -3.05. The number of non-ortho nitro benzene ring substituents is 1. The highest BCUT2D eigenvalue weighted by Crippen LogP contribution is 2.40. The van der Waals surface area contributed by atoms with Crippen LogP contribution in [-0.4, -0.2) is 36.5 Å². The molecule has 13 heteroatoms. The van der Waals surface area contributed by atoms with Crippen molar-refractivity contribution in [1.29, 1.82) is 0 Å². The molecule has 3 aromatic carbocycles. The van der Waals surface area contributed by atoms with Crippen molar-refractivity contribution in [2.24, 2.45) is 0 Å². The smallest absolute Gasteiger partial charge is 0.339 e. The number of methoxy groups -OCH3 is 1. The van der Waals surface area contributed by atoms with Crippen molar-refractivity contribution in [1.82, 2.24) is 4.90 Å². The number of ether oxygens (including phenoxy) is 1. The largest absolute Gasteiger partial charge is 0.493 e. The third kappa shape index (κ3) is 5.90. The van der Waals surface area contributed by atoms with E-state index in [9.17, 15) is 28.1 Å². The number of nitro groups is 1. The van der Waals surface area contributed by atoms with E-state index < -0.39 is 26.2 Å². The van der Waals surface area contributed by atoms with Crippen molar-refractivity contribution >= 4 is 60.7 Å². The van der Waals surface area contributed by atoms with Crippen molar-refractivity contribution in [2.45, 2.75) is 18.4 Å². The number of nitro benzene ring substituents is 1. The monoisotopic (exact) mass is 618 g/mol. The summed E-state index contributed by atoms with van der Waals surface area (Å²) in [5.41, 5.74) is 2.07. The first-order chi connectivity index (χ1) is 18.0. The SMILES string of the molecule is COc1cc(/C=C2\SC(=O)N(Cc3ccc(C)cc3)C2=O)cc(Br)c1OS(=O)(=O)c1ccc([N+](=O)[O-])cc1. The quantitative estimate of drug-likeness (QED) is 0.135. The van der Waals surface area contributed by atoms with Gasteiger partial charge in [-0.15, -0.1) is 0 Å². The molecule has 38 heavy (non-hydrogen) atoms. The van der Waals surface area contributed by atoms with Gasteiger partial charge >= 0.3 is 10.1 Å². The molecular formula is C25H19BrN2O8S2. The molecule has 10 nitrogen and oxygen atoms in total. The maximum absolute atomic E-state index is 12.9. The average Bonchev–Trinajstić information content (AvgIpc) is 3.13. The van der Waals surface area contributed by atoms with Crippen molar-refractivity contribution in [3.63, 3.8) is 0 Å². The van der Waals surface area contributed by atoms with Gasteiger partial charge in [-0.05, 0) is 76.1 Å². The summed E-state index contributed by atoms with van der Waals surface area (Å²) in [6.07, 6.45) is 1.50. The van der Waals surface area contributed by atoms with Crippen LogP contribution in [0.2, 0.25) is 0 Å². The highest BCUT2D eigenvalue weighted by atomic mass is 79.9. The fraction of sp³-hybridized carbons (Fsp3) is 0.120. The number of carbonyl (C=O) groups is 2. The Morgan fingerprint density at radius 1 is 1.08 bits per heavy atom. The van der Waals surface area contributed by atoms with Crippen LogP contribution in [0.15, 0.2) is 74.9 Å². The van der Waals surface area contributed by atoms with Crippen LogP contribution in [0.25, 0.3) is 6.08 Å². The third-order valence-electron chi connectivity index (χ3n) is 5.41. The van der Waals surface area contributed by atoms with Crippen molar-refractivity contribution in [3.8, 4) is 11.5 Å². The van der Waals surface area contributed by atoms with Gasteiger partial charge in [0.2, 0.25) is 0 Å². The third-order valence-corrected chi connectivity index (χ3v) is 8.15. The standard InChI is InChI=1S/C25H19BrN2O8S2/c1-15-3-5-16(6-4-15)14-27-24(29)22(37-25(27)30)13-17-11-20(26)23(21(12-17)35-2)36-38(33,34)19-9-7-18(8-10-19)28(31)32/h3-13H,14H2,1-2H3/b22-13-. The lowest BCUT2D eigenvalue weighted by molar-refractivity contribution is -0.384. The van der Waals surface area contributed by atoms with E-state index in [2.05, 4.69) is 15.9 Å². The number of nitrogens with zero attached hydrogens (tertiary/aromatic N) is 2. The van der Waals surface area contributed by atoms with Gasteiger partial charge in [-0.1, -0.05) is 29.8 Å². The maximum atomic E-state index is 12.9. The molecule has 0 atom stereocenters. The Morgan fingerprint density at radius 2 is 1.74 bits per heavy atom. The number of carbonyl (C=O) groups excluding carboxylic acids is 2. The first-order valence-corrected chi connectivity index (χ1v) is 13.9. The van der Waals surface area contributed by atoms with E-state index >= 15 is 0 Å². The molecule has 0 N–H and O–H groups in total. The lowest BCUT2D eigenvalue weighted by atomic mass is 10.1. The van der Waals surface area contributed by atoms with Crippen molar-refractivity contribution in [3.05, 3.63) is 96.8 Å². The second kappa shape index (κ2) is 11.0. The van der Waals surface area contributed by atoms with E-state index in [-0.39, 0.29) is 38.0 Å². The maximum Gasteiger partial charge on any atom is 0.339 e. The summed E-state index contributed by atoms with van der Waals surface area (Å²) < 4.78 is 36.3. The van der Waals surface area contributed by atoms with Gasteiger partial charge in [-0.25, -0.2) is 0 Å². The van der Waals surface area contributed by atoms with E-state index in [0.29, 0.717) is 5.56 Å². The molecule has 0 radical (unpaired) electrons. The summed E-state index contributed by atoms with van der Waals surface area (Å²) in [5, 5.41) is 10.4. The van der Waals surface area contributed by atoms with Gasteiger partial charge in [-0.2, -0.15) is 8.42 Å². The van der Waals surface area contributed by atoms with Crippen LogP contribution in [0.1, 0.15) is 16.7 Å². The number of thioether (sulfide) groups is 1. The number of amides is 2. The number of halogens is 1. The number of benzene rings is 3. The summed E-state index contributed by atoms with van der Waals surface area (Å²) in [5.74, 6) is -0.567. The zero-order valence-corrected chi connectivity index (χ0v) is 23.1. The molecule has 0 aliphatic carbocycles. The Kier molecular flexibility index (Phi) is 7.90. The van der Waals surface area contributed by atoms with Crippen molar-refractivity contribution in [2.75, 3.05) is 7.11 Å². The van der Waals surface area contributed by atoms with Gasteiger partial charge in [0, 0.05) is 12.1 Å². The minimum absolute atomic E-state index is 0.0370. The highest BCUT2D eigenvalue weighted by molar-refractivity contribution is 9.10. The molecule has 1 aliphatic rings. The second-order valence-corrected chi connectivity index (χ2v) is 11.5. The second-order valence-electron chi connectivity index (χ2n) is 8.08. The van der Waals surface area contributed by atoms with Crippen LogP contribution in [0.3, 0.4) is 0 Å². The average molecular weight is 619 g/mol. The molecule has 1 aliphatic heterocycles. The molecule has 0 bridgehead atoms. The fourth-order valence-corrected chi connectivity index (χ4v) is 5.90. The number of aryl methyl sites for hydroxylation is 1. The Bertz CT molecular complexity index is 1570. The van der Waals surface area contributed by atoms with Gasteiger partial charge in [0.05, 0.1) is 28.0 Å². The van der Waals surface area contributed by atoms with Crippen LogP contribution in [0.4, 0.5) is 10.5 Å². The summed E-state index contributed by atoms with van der Waals surface area (Å²) >= 11 is 4.08. The van der Waals surface area contributed by atoms with E-state index in [1.807, 2.05) is 31.2 Å². The van der Waals surface area contributed by atoms with Crippen LogP contribution in [0.5, 0.6) is 11.5 Å². The minimum atomic E-state index is -4.36. The highest BCUT2D eigenvalue weighted by Gasteiger charge is 2.35. The van der Waals surface area contributed by atoms with Gasteiger partial charge in [0.15, 0.2) is 11.5 Å². The molecule has 1 fully saturated rings. The number of hydrogen-bond acceptors (Lipinski definition) is 9. The zero-order valence-electron chi connectivity index (χ0n) is 19.9. The Morgan fingerprint density at radius 3 is 2.34 bits per heavy atom. The normalized spacial score (nSPS) is 14.7. The van der Waals surface area contributed by atoms with Crippen molar-refractivity contribution < 1.29 is 31.9 Å². The predicted octanol–water partition coefficient (Wildman–Crippen LogP) is 5.68. The van der Waals surface area contributed by atoms with Gasteiger partial charge in [0.1, 0.15) is 4.90 Å². The van der Waals surface area contributed by atoms with Crippen LogP contribution in [0, 0.1) is 17.0 Å². The van der Waals surface area contributed by atoms with Gasteiger partial charge < -0.3 is 8.92 Å². The van der Waals surface area contributed by atoms with Gasteiger partial charge in [0.25, 0.3) is 16.8 Å². The van der Waals surface area contributed by atoms with E-state index in [0.717, 1.165) is 52.1 Å². The zero-order chi connectivity index (χ0) is 27.6. The number of imide groups is 1. The number of rotatable bonds is 8. The molecular weight excluding hydrogens is 600 g/mol. The molecule has 0 saturated carbocycles. The van der Waals surface area contributed by atoms with E-state index in [1.54, 1.807) is 0 Å². The summed E-state index contributed by atoms with van der Waals surface area (Å²) in [6.45, 7) is 2.09. The molecule has 196 valence electrons. The summed E-state index contributed by atoms with van der Waals surface area (Å²) in [4.78, 5) is 36.7.